The summed E-state index contributed by atoms with van der Waals surface area (Å²) in [7, 11) is 0. The summed E-state index contributed by atoms with van der Waals surface area (Å²) in [6.07, 6.45) is 0.404. The molecule has 4 nitrogen and oxygen atoms in total. The number of nitrogens with zero attached hydrogens (tertiary/aromatic N) is 2. The second kappa shape index (κ2) is 9.41. The van der Waals surface area contributed by atoms with Crippen LogP contribution in [-0.2, 0) is 4.79 Å². The number of fused-ring (bicyclic) bond motifs is 1. The fourth-order valence-corrected chi connectivity index (χ4v) is 3.96. The molecule has 1 N–H and O–H groups in total. The van der Waals surface area contributed by atoms with E-state index in [-0.39, 0.29) is 11.4 Å². The average Bonchev–Trinajstić information content (AvgIpc) is 2.94. The fraction of sp³-hybridized carbons (Fsp3) is 0.0870. The molecule has 0 radical (unpaired) electrons. The van der Waals surface area contributed by atoms with Crippen LogP contribution in [0.1, 0.15) is 12.0 Å². The van der Waals surface area contributed by atoms with Crippen molar-refractivity contribution in [3.63, 3.8) is 0 Å². The van der Waals surface area contributed by atoms with Gasteiger partial charge in [0.1, 0.15) is 11.6 Å². The van der Waals surface area contributed by atoms with E-state index < -0.39 is 17.5 Å². The molecule has 31 heavy (non-hydrogen) atoms. The molecule has 0 saturated heterocycles. The minimum Gasteiger partial charge on any atom is -0.323 e. The van der Waals surface area contributed by atoms with Crippen LogP contribution in [0.25, 0.3) is 0 Å². The normalized spacial score (nSPS) is 13.0. The highest BCUT2D eigenvalue weighted by atomic mass is 35.5. The van der Waals surface area contributed by atoms with E-state index in [2.05, 4.69) is 10.3 Å². The average molecular weight is 456 g/mol. The molecule has 3 aromatic rings. The van der Waals surface area contributed by atoms with Crippen molar-refractivity contribution in [2.24, 2.45) is 9.98 Å². The van der Waals surface area contributed by atoms with Gasteiger partial charge < -0.3 is 5.32 Å². The summed E-state index contributed by atoms with van der Waals surface area (Å²) in [5, 5.41) is 3.68. The van der Waals surface area contributed by atoms with Crippen LogP contribution in [0, 0.1) is 11.6 Å². The molecule has 0 saturated carbocycles. The van der Waals surface area contributed by atoms with Gasteiger partial charge in [-0.1, -0.05) is 35.9 Å². The molecule has 0 aromatic heterocycles. The number of hydrogen-bond donors (Lipinski definition) is 1. The van der Waals surface area contributed by atoms with E-state index in [4.69, 9.17) is 16.6 Å². The molecular formula is C23H16ClF2N3OS. The van der Waals surface area contributed by atoms with Crippen molar-refractivity contribution in [3.8, 4) is 0 Å². The van der Waals surface area contributed by atoms with Gasteiger partial charge in [0, 0.05) is 17.5 Å². The first-order valence-corrected chi connectivity index (χ1v) is 10.7. The van der Waals surface area contributed by atoms with Gasteiger partial charge in [0.15, 0.2) is 0 Å². The predicted molar refractivity (Wildman–Crippen MR) is 123 cm³/mol. The number of carbonyl (C=O) groups excluding carboxylic acids is 1. The first kappa shape index (κ1) is 21.2. The van der Waals surface area contributed by atoms with Crippen LogP contribution in [0.2, 0.25) is 5.02 Å². The number of hydrogen-bond acceptors (Lipinski definition) is 4. The Bertz CT molecular complexity index is 1210. The van der Waals surface area contributed by atoms with Gasteiger partial charge in [0.2, 0.25) is 5.91 Å². The van der Waals surface area contributed by atoms with E-state index in [1.165, 1.54) is 11.8 Å². The second-order valence-electron chi connectivity index (χ2n) is 6.70. The van der Waals surface area contributed by atoms with Crippen molar-refractivity contribution in [3.05, 3.63) is 89.0 Å². The number of benzene rings is 3. The maximum atomic E-state index is 13.8. The Labute approximate surface area is 187 Å². The number of halogens is 3. The van der Waals surface area contributed by atoms with Gasteiger partial charge >= 0.3 is 0 Å². The van der Waals surface area contributed by atoms with Crippen LogP contribution >= 0.6 is 23.4 Å². The molecule has 3 aromatic carbocycles. The Hall–Kier alpha value is -3.03. The fourth-order valence-electron chi connectivity index (χ4n) is 3.00. The van der Waals surface area contributed by atoms with Crippen LogP contribution < -0.4 is 5.32 Å². The third-order valence-electron chi connectivity index (χ3n) is 4.43. The lowest BCUT2D eigenvalue weighted by Gasteiger charge is -2.09. The van der Waals surface area contributed by atoms with Crippen molar-refractivity contribution in [1.29, 1.82) is 0 Å². The van der Waals surface area contributed by atoms with Gasteiger partial charge in [-0.2, -0.15) is 0 Å². The van der Waals surface area contributed by atoms with Gasteiger partial charge in [-0.05, 0) is 42.0 Å². The summed E-state index contributed by atoms with van der Waals surface area (Å²) < 4.78 is 27.1. The van der Waals surface area contributed by atoms with Crippen molar-refractivity contribution < 1.29 is 13.6 Å². The smallest absolute Gasteiger partial charge is 0.234 e. The number of carbonyl (C=O) groups is 1. The molecule has 1 aliphatic heterocycles. The number of anilines is 1. The molecule has 0 bridgehead atoms. The quantitative estimate of drug-likeness (QED) is 0.485. The zero-order valence-electron chi connectivity index (χ0n) is 16.1. The Morgan fingerprint density at radius 2 is 1.77 bits per heavy atom. The van der Waals surface area contributed by atoms with Gasteiger partial charge in [-0.15, -0.1) is 11.8 Å². The largest absolute Gasteiger partial charge is 0.323 e. The number of aliphatic imine (C=N–C) groups is 2. The van der Waals surface area contributed by atoms with E-state index >= 15 is 0 Å². The SMILES string of the molecule is O=C(CSC1=Nc2ccccc2N=C(c2cccc(Cl)c2)C1)Nc1cc(F)ccc1F. The minimum atomic E-state index is -0.698. The molecule has 0 aliphatic carbocycles. The van der Waals surface area contributed by atoms with Gasteiger partial charge in [-0.3, -0.25) is 9.79 Å². The van der Waals surface area contributed by atoms with Crippen LogP contribution in [0.3, 0.4) is 0 Å². The zero-order valence-corrected chi connectivity index (χ0v) is 17.7. The summed E-state index contributed by atoms with van der Waals surface area (Å²) in [6.45, 7) is 0. The molecule has 0 unspecified atom stereocenters. The first-order valence-electron chi connectivity index (χ1n) is 9.36. The van der Waals surface area contributed by atoms with Crippen LogP contribution in [0.5, 0.6) is 0 Å². The molecule has 0 atom stereocenters. The summed E-state index contributed by atoms with van der Waals surface area (Å²) in [5.74, 6) is -1.80. The first-order chi connectivity index (χ1) is 15.0. The van der Waals surface area contributed by atoms with E-state index in [1.54, 1.807) is 6.07 Å². The Balaban J connectivity index is 1.54. The molecule has 4 rings (SSSR count). The van der Waals surface area contributed by atoms with E-state index in [9.17, 15) is 13.6 Å². The number of rotatable bonds is 4. The summed E-state index contributed by atoms with van der Waals surface area (Å²) in [5.41, 5.74) is 2.86. The Morgan fingerprint density at radius 3 is 2.55 bits per heavy atom. The van der Waals surface area contributed by atoms with Crippen molar-refractivity contribution >= 4 is 57.1 Å². The topological polar surface area (TPSA) is 53.8 Å². The van der Waals surface area contributed by atoms with Gasteiger partial charge in [-0.25, -0.2) is 13.8 Å². The highest BCUT2D eigenvalue weighted by Crippen LogP contribution is 2.33. The second-order valence-corrected chi connectivity index (χ2v) is 8.19. The number of thioether (sulfide) groups is 1. The highest BCUT2D eigenvalue weighted by Gasteiger charge is 2.17. The van der Waals surface area contributed by atoms with E-state index in [0.717, 1.165) is 35.2 Å². The molecule has 0 spiro atoms. The van der Waals surface area contributed by atoms with Crippen molar-refractivity contribution in [1.82, 2.24) is 0 Å². The number of amides is 1. The molecule has 8 heteroatoms. The summed E-state index contributed by atoms with van der Waals surface area (Å²) >= 11 is 7.37. The lowest BCUT2D eigenvalue weighted by Crippen LogP contribution is -2.17. The zero-order chi connectivity index (χ0) is 21.8. The van der Waals surface area contributed by atoms with Gasteiger partial charge in [0.25, 0.3) is 0 Å². The van der Waals surface area contributed by atoms with E-state index in [0.29, 0.717) is 22.2 Å². The Morgan fingerprint density at radius 1 is 1.00 bits per heavy atom. The standard InChI is InChI=1S/C23H16ClF2N3OS/c24-15-5-3-4-14(10-15)20-12-23(29-19-7-2-1-6-18(19)27-20)31-13-22(30)28-21-11-16(25)8-9-17(21)26/h1-11H,12-13H2,(H,28,30). The molecule has 1 aliphatic rings. The molecular weight excluding hydrogens is 440 g/mol. The van der Waals surface area contributed by atoms with E-state index in [1.807, 2.05) is 42.5 Å². The lowest BCUT2D eigenvalue weighted by molar-refractivity contribution is -0.113. The van der Waals surface area contributed by atoms with Crippen molar-refractivity contribution in [2.45, 2.75) is 6.42 Å². The predicted octanol–water partition coefficient (Wildman–Crippen LogP) is 6.54. The highest BCUT2D eigenvalue weighted by molar-refractivity contribution is 8.14. The lowest BCUT2D eigenvalue weighted by atomic mass is 10.1. The van der Waals surface area contributed by atoms with Crippen LogP contribution in [0.4, 0.5) is 25.8 Å². The maximum absolute atomic E-state index is 13.8. The third-order valence-corrected chi connectivity index (χ3v) is 5.64. The molecule has 1 amide bonds. The van der Waals surface area contributed by atoms with Crippen LogP contribution in [0.15, 0.2) is 76.7 Å². The summed E-state index contributed by atoms with van der Waals surface area (Å²) in [6, 6.07) is 17.8. The molecule has 1 heterocycles. The van der Waals surface area contributed by atoms with Crippen LogP contribution in [-0.4, -0.2) is 22.4 Å². The Kier molecular flexibility index (Phi) is 6.44. The monoisotopic (exact) mass is 455 g/mol. The molecule has 156 valence electrons. The number of nitrogens with one attached hydrogen (secondary N) is 1. The maximum Gasteiger partial charge on any atom is 0.234 e. The summed E-state index contributed by atoms with van der Waals surface area (Å²) in [4.78, 5) is 21.7. The van der Waals surface area contributed by atoms with Crippen molar-refractivity contribution in [2.75, 3.05) is 11.1 Å². The number of para-hydroxylation sites is 2. The molecule has 0 fully saturated rings. The third kappa shape index (κ3) is 5.37. The minimum absolute atomic E-state index is 0.0141. The van der Waals surface area contributed by atoms with Gasteiger partial charge in [0.05, 0.1) is 33.6 Å².